The number of hydrogen-bond donors (Lipinski definition) is 2. The molecule has 6 heteroatoms. The lowest BCUT2D eigenvalue weighted by Gasteiger charge is -2.33. The van der Waals surface area contributed by atoms with Crippen LogP contribution in [0.2, 0.25) is 5.02 Å². The van der Waals surface area contributed by atoms with Crippen LogP contribution in [0.1, 0.15) is 32.3 Å². The molecule has 1 heterocycles. The zero-order valence-electron chi connectivity index (χ0n) is 14.3. The van der Waals surface area contributed by atoms with Crippen LogP contribution >= 0.6 is 11.6 Å². The van der Waals surface area contributed by atoms with Gasteiger partial charge in [-0.25, -0.2) is 0 Å². The molecule has 3 N–H and O–H groups in total. The van der Waals surface area contributed by atoms with E-state index in [0.717, 1.165) is 37.9 Å². The van der Waals surface area contributed by atoms with Gasteiger partial charge in [-0.1, -0.05) is 23.7 Å². The van der Waals surface area contributed by atoms with Crippen molar-refractivity contribution in [3.05, 3.63) is 34.9 Å². The van der Waals surface area contributed by atoms with E-state index in [4.69, 9.17) is 17.3 Å². The number of nitrogens with two attached hydrogens (primary N) is 1. The van der Waals surface area contributed by atoms with Gasteiger partial charge in [0.15, 0.2) is 0 Å². The molecule has 1 aliphatic rings. The Bertz CT molecular complexity index is 566. The van der Waals surface area contributed by atoms with Crippen LogP contribution in [0, 0.1) is 5.92 Å². The molecule has 0 aromatic heterocycles. The molecular formula is C18H26ClN3O2. The number of nitrogens with one attached hydrogen (secondary N) is 1. The lowest BCUT2D eigenvalue weighted by Crippen LogP contribution is -2.49. The molecule has 0 aliphatic carbocycles. The molecule has 1 atom stereocenters. The van der Waals surface area contributed by atoms with E-state index in [0.29, 0.717) is 17.5 Å². The van der Waals surface area contributed by atoms with Gasteiger partial charge >= 0.3 is 0 Å². The Kier molecular flexibility index (Phi) is 6.24. The zero-order chi connectivity index (χ0) is 17.7. The van der Waals surface area contributed by atoms with Crippen LogP contribution in [0.3, 0.4) is 0 Å². The number of likely N-dealkylation sites (tertiary alicyclic amines) is 1. The van der Waals surface area contributed by atoms with Crippen LogP contribution in [0.25, 0.3) is 0 Å². The summed E-state index contributed by atoms with van der Waals surface area (Å²) < 4.78 is 0. The average molecular weight is 352 g/mol. The van der Waals surface area contributed by atoms with E-state index in [1.807, 2.05) is 26.0 Å². The fourth-order valence-electron chi connectivity index (χ4n) is 3.05. The predicted octanol–water partition coefficient (Wildman–Crippen LogP) is 1.93. The lowest BCUT2D eigenvalue weighted by atomic mass is 9.83. The number of hydrogen-bond acceptors (Lipinski definition) is 3. The molecule has 1 aliphatic heterocycles. The summed E-state index contributed by atoms with van der Waals surface area (Å²) >= 11 is 5.91. The molecule has 0 spiro atoms. The normalized spacial score (nSPS) is 17.4. The molecular weight excluding hydrogens is 326 g/mol. The van der Waals surface area contributed by atoms with Gasteiger partial charge in [0.1, 0.15) is 0 Å². The zero-order valence-corrected chi connectivity index (χ0v) is 15.1. The molecule has 1 aromatic carbocycles. The Morgan fingerprint density at radius 1 is 1.38 bits per heavy atom. The first kappa shape index (κ1) is 18.7. The molecule has 1 fully saturated rings. The SMILES string of the molecule is CC(C)(C(=O)NCC(N)C1CCN(C=O)CC1)c1ccc(Cl)cc1. The molecule has 0 radical (unpaired) electrons. The maximum Gasteiger partial charge on any atom is 0.230 e. The van der Waals surface area contributed by atoms with E-state index in [9.17, 15) is 9.59 Å². The van der Waals surface area contributed by atoms with E-state index in [2.05, 4.69) is 5.32 Å². The summed E-state index contributed by atoms with van der Waals surface area (Å²) in [6, 6.07) is 7.23. The highest BCUT2D eigenvalue weighted by Gasteiger charge is 2.31. The van der Waals surface area contributed by atoms with Crippen molar-refractivity contribution in [1.29, 1.82) is 0 Å². The molecule has 1 unspecified atom stereocenters. The second kappa shape index (κ2) is 7.99. The van der Waals surface area contributed by atoms with Crippen molar-refractivity contribution >= 4 is 23.9 Å². The minimum Gasteiger partial charge on any atom is -0.354 e. The van der Waals surface area contributed by atoms with Crippen molar-refractivity contribution in [3.63, 3.8) is 0 Å². The molecule has 2 rings (SSSR count). The van der Waals surface area contributed by atoms with Gasteiger partial charge in [0, 0.05) is 30.7 Å². The van der Waals surface area contributed by atoms with Crippen molar-refractivity contribution < 1.29 is 9.59 Å². The Morgan fingerprint density at radius 3 is 2.50 bits per heavy atom. The van der Waals surface area contributed by atoms with Crippen LogP contribution in [-0.2, 0) is 15.0 Å². The van der Waals surface area contributed by atoms with Crippen molar-refractivity contribution in [1.82, 2.24) is 10.2 Å². The van der Waals surface area contributed by atoms with Gasteiger partial charge < -0.3 is 16.0 Å². The van der Waals surface area contributed by atoms with Gasteiger partial charge in [-0.3, -0.25) is 9.59 Å². The largest absolute Gasteiger partial charge is 0.354 e. The van der Waals surface area contributed by atoms with Crippen molar-refractivity contribution in [2.24, 2.45) is 11.7 Å². The Labute approximate surface area is 148 Å². The summed E-state index contributed by atoms with van der Waals surface area (Å²) in [5.41, 5.74) is 6.51. The predicted molar refractivity (Wildman–Crippen MR) is 95.8 cm³/mol. The Hall–Kier alpha value is -1.59. The first-order chi connectivity index (χ1) is 11.3. The van der Waals surface area contributed by atoms with Gasteiger partial charge in [-0.15, -0.1) is 0 Å². The third-order valence-corrected chi connectivity index (χ3v) is 5.21. The Balaban J connectivity index is 1.87. The Morgan fingerprint density at radius 2 is 1.96 bits per heavy atom. The van der Waals surface area contributed by atoms with E-state index >= 15 is 0 Å². The smallest absolute Gasteiger partial charge is 0.230 e. The summed E-state index contributed by atoms with van der Waals surface area (Å²) in [4.78, 5) is 25.1. The number of benzene rings is 1. The molecule has 132 valence electrons. The fourth-order valence-corrected chi connectivity index (χ4v) is 3.17. The summed E-state index contributed by atoms with van der Waals surface area (Å²) in [7, 11) is 0. The van der Waals surface area contributed by atoms with Crippen LogP contribution in [-0.4, -0.2) is 42.9 Å². The van der Waals surface area contributed by atoms with Crippen molar-refractivity contribution in [2.75, 3.05) is 19.6 Å². The van der Waals surface area contributed by atoms with Crippen molar-refractivity contribution in [3.8, 4) is 0 Å². The monoisotopic (exact) mass is 351 g/mol. The number of piperidine rings is 1. The number of carbonyl (C=O) groups is 2. The minimum absolute atomic E-state index is 0.0504. The van der Waals surface area contributed by atoms with Gasteiger partial charge in [0.2, 0.25) is 12.3 Å². The number of halogens is 1. The van der Waals surface area contributed by atoms with E-state index in [-0.39, 0.29) is 11.9 Å². The van der Waals surface area contributed by atoms with Gasteiger partial charge in [0.25, 0.3) is 0 Å². The summed E-state index contributed by atoms with van der Waals surface area (Å²) in [5.74, 6) is 0.283. The number of amides is 2. The van der Waals surface area contributed by atoms with E-state index in [1.165, 1.54) is 0 Å². The molecule has 0 saturated carbocycles. The fraction of sp³-hybridized carbons (Fsp3) is 0.556. The van der Waals surface area contributed by atoms with Crippen LogP contribution in [0.15, 0.2) is 24.3 Å². The van der Waals surface area contributed by atoms with Gasteiger partial charge in [-0.05, 0) is 50.3 Å². The standard InChI is InChI=1S/C18H26ClN3O2/c1-18(2,14-3-5-15(19)6-4-14)17(24)21-11-16(20)13-7-9-22(12-23)10-8-13/h3-6,12-13,16H,7-11,20H2,1-2H3,(H,21,24). The first-order valence-electron chi connectivity index (χ1n) is 8.34. The maximum atomic E-state index is 12.6. The average Bonchev–Trinajstić information content (AvgIpc) is 2.59. The third kappa shape index (κ3) is 4.48. The van der Waals surface area contributed by atoms with Crippen molar-refractivity contribution in [2.45, 2.75) is 38.1 Å². The summed E-state index contributed by atoms with van der Waals surface area (Å²) in [5, 5.41) is 3.63. The number of rotatable bonds is 6. The highest BCUT2D eigenvalue weighted by Crippen LogP contribution is 2.25. The summed E-state index contributed by atoms with van der Waals surface area (Å²) in [6.07, 6.45) is 2.66. The topological polar surface area (TPSA) is 75.4 Å². The minimum atomic E-state index is -0.648. The molecule has 1 aromatic rings. The van der Waals surface area contributed by atoms with Crippen LogP contribution < -0.4 is 11.1 Å². The number of carbonyl (C=O) groups excluding carboxylic acids is 2. The summed E-state index contributed by atoms with van der Waals surface area (Å²) in [6.45, 7) is 5.71. The molecule has 1 saturated heterocycles. The quantitative estimate of drug-likeness (QED) is 0.769. The van der Waals surface area contributed by atoms with Gasteiger partial charge in [0.05, 0.1) is 5.41 Å². The van der Waals surface area contributed by atoms with Crippen LogP contribution in [0.5, 0.6) is 0 Å². The molecule has 0 bridgehead atoms. The third-order valence-electron chi connectivity index (χ3n) is 4.96. The van der Waals surface area contributed by atoms with E-state index in [1.54, 1.807) is 17.0 Å². The highest BCUT2D eigenvalue weighted by atomic mass is 35.5. The highest BCUT2D eigenvalue weighted by molar-refractivity contribution is 6.30. The number of nitrogens with zero attached hydrogens (tertiary/aromatic N) is 1. The molecule has 2 amide bonds. The molecule has 24 heavy (non-hydrogen) atoms. The lowest BCUT2D eigenvalue weighted by molar-refractivity contribution is -0.125. The maximum absolute atomic E-state index is 12.6. The first-order valence-corrected chi connectivity index (χ1v) is 8.71. The van der Waals surface area contributed by atoms with Crippen LogP contribution in [0.4, 0.5) is 0 Å². The van der Waals surface area contributed by atoms with E-state index < -0.39 is 5.41 Å². The second-order valence-corrected chi connectivity index (χ2v) is 7.42. The molecule has 5 nitrogen and oxygen atoms in total. The van der Waals surface area contributed by atoms with Gasteiger partial charge in [-0.2, -0.15) is 0 Å². The second-order valence-electron chi connectivity index (χ2n) is 6.98.